The van der Waals surface area contributed by atoms with E-state index in [0.29, 0.717) is 6.54 Å². The van der Waals surface area contributed by atoms with Crippen LogP contribution in [0.3, 0.4) is 0 Å². The first kappa shape index (κ1) is 18.5. The molecule has 1 unspecified atom stereocenters. The molecule has 1 saturated heterocycles. The molecule has 1 amide bonds. The Morgan fingerprint density at radius 3 is 2.62 bits per heavy atom. The predicted molar refractivity (Wildman–Crippen MR) is 94.5 cm³/mol. The summed E-state index contributed by atoms with van der Waals surface area (Å²) in [5.41, 5.74) is 0.612. The fourth-order valence-electron chi connectivity index (χ4n) is 3.27. The zero-order valence-electron chi connectivity index (χ0n) is 14.3. The first-order valence-corrected chi connectivity index (χ1v) is 8.66. The Bertz CT molecular complexity index is 746. The zero-order chi connectivity index (χ0) is 18.6. The lowest BCUT2D eigenvalue weighted by molar-refractivity contribution is -0.137. The third kappa shape index (κ3) is 4.85. The molecular formula is C20H21F3N2O. The van der Waals surface area contributed by atoms with Gasteiger partial charge < -0.3 is 5.32 Å². The zero-order valence-corrected chi connectivity index (χ0v) is 14.3. The second-order valence-corrected chi connectivity index (χ2v) is 6.63. The highest BCUT2D eigenvalue weighted by Crippen LogP contribution is 2.31. The van der Waals surface area contributed by atoms with Crippen LogP contribution in [0.5, 0.6) is 0 Å². The van der Waals surface area contributed by atoms with Crippen LogP contribution >= 0.6 is 0 Å². The Morgan fingerprint density at radius 2 is 1.88 bits per heavy atom. The maximum Gasteiger partial charge on any atom is 0.416 e. The number of halogens is 3. The van der Waals surface area contributed by atoms with E-state index in [1.165, 1.54) is 17.7 Å². The van der Waals surface area contributed by atoms with Crippen LogP contribution < -0.4 is 5.32 Å². The van der Waals surface area contributed by atoms with E-state index in [9.17, 15) is 18.0 Å². The van der Waals surface area contributed by atoms with Gasteiger partial charge in [-0.2, -0.15) is 13.2 Å². The number of nitrogens with one attached hydrogen (secondary N) is 1. The highest BCUT2D eigenvalue weighted by molar-refractivity contribution is 5.92. The maximum atomic E-state index is 12.8. The van der Waals surface area contributed by atoms with Gasteiger partial charge in [-0.25, -0.2) is 0 Å². The van der Waals surface area contributed by atoms with Crippen LogP contribution in [-0.2, 0) is 17.5 Å². The van der Waals surface area contributed by atoms with Crippen LogP contribution in [-0.4, -0.2) is 23.9 Å². The van der Waals surface area contributed by atoms with Gasteiger partial charge in [-0.15, -0.1) is 0 Å². The van der Waals surface area contributed by atoms with Crippen molar-refractivity contribution in [2.45, 2.75) is 25.6 Å². The second kappa shape index (κ2) is 7.91. The van der Waals surface area contributed by atoms with Crippen molar-refractivity contribution in [3.8, 4) is 0 Å². The molecule has 138 valence electrons. The fourth-order valence-corrected chi connectivity index (χ4v) is 3.27. The average molecular weight is 362 g/mol. The van der Waals surface area contributed by atoms with Gasteiger partial charge in [0.25, 0.3) is 0 Å². The highest BCUT2D eigenvalue weighted by Gasteiger charge is 2.31. The number of carbonyl (C=O) groups excluding carboxylic acids is 1. The molecule has 0 saturated carbocycles. The Hall–Kier alpha value is -2.34. The fraction of sp³-hybridized carbons (Fsp3) is 0.350. The Kier molecular flexibility index (Phi) is 5.61. The van der Waals surface area contributed by atoms with Gasteiger partial charge in [-0.1, -0.05) is 36.4 Å². The van der Waals surface area contributed by atoms with E-state index >= 15 is 0 Å². The van der Waals surface area contributed by atoms with Crippen molar-refractivity contribution in [2.24, 2.45) is 5.92 Å². The summed E-state index contributed by atoms with van der Waals surface area (Å²) in [6.45, 7) is 2.30. The summed E-state index contributed by atoms with van der Waals surface area (Å²) >= 11 is 0. The minimum absolute atomic E-state index is 0.185. The number of rotatable bonds is 4. The van der Waals surface area contributed by atoms with Crippen LogP contribution in [0.15, 0.2) is 54.6 Å². The number of benzene rings is 2. The maximum absolute atomic E-state index is 12.8. The van der Waals surface area contributed by atoms with Crippen LogP contribution in [0.2, 0.25) is 0 Å². The van der Waals surface area contributed by atoms with Crippen molar-refractivity contribution in [3.63, 3.8) is 0 Å². The molecule has 0 bridgehead atoms. The standard InChI is InChI=1S/C20H21F3N2O/c21-20(22,23)17-9-4-10-18(12-17)24-19(26)16-8-5-11-25(14-16)13-15-6-2-1-3-7-15/h1-4,6-7,9-10,12,16H,5,8,11,13-14H2,(H,24,26). The average Bonchev–Trinajstić information content (AvgIpc) is 2.62. The van der Waals surface area contributed by atoms with Gasteiger partial charge >= 0.3 is 6.18 Å². The number of hydrogen-bond donors (Lipinski definition) is 1. The van der Waals surface area contributed by atoms with E-state index in [0.717, 1.165) is 38.1 Å². The normalized spacial score (nSPS) is 18.5. The summed E-state index contributed by atoms with van der Waals surface area (Å²) in [4.78, 5) is 14.7. The summed E-state index contributed by atoms with van der Waals surface area (Å²) < 4.78 is 38.4. The summed E-state index contributed by atoms with van der Waals surface area (Å²) in [7, 11) is 0. The summed E-state index contributed by atoms with van der Waals surface area (Å²) in [6, 6.07) is 14.8. The Morgan fingerprint density at radius 1 is 1.12 bits per heavy atom. The molecule has 6 heteroatoms. The smallest absolute Gasteiger partial charge is 0.326 e. The largest absolute Gasteiger partial charge is 0.416 e. The molecule has 0 spiro atoms. The first-order chi connectivity index (χ1) is 12.4. The molecule has 1 N–H and O–H groups in total. The van der Waals surface area contributed by atoms with E-state index in [1.807, 2.05) is 30.3 Å². The molecule has 0 aromatic heterocycles. The molecular weight excluding hydrogens is 341 g/mol. The van der Waals surface area contributed by atoms with Gasteiger partial charge in [0.2, 0.25) is 5.91 Å². The monoisotopic (exact) mass is 362 g/mol. The minimum atomic E-state index is -4.42. The molecule has 1 fully saturated rings. The number of piperidine rings is 1. The van der Waals surface area contributed by atoms with E-state index in [2.05, 4.69) is 10.2 Å². The number of amides is 1. The molecule has 1 atom stereocenters. The summed E-state index contributed by atoms with van der Waals surface area (Å²) in [5, 5.41) is 2.64. The predicted octanol–water partition coefficient (Wildman–Crippen LogP) is 4.56. The number of likely N-dealkylation sites (tertiary alicyclic amines) is 1. The summed E-state index contributed by atoms with van der Waals surface area (Å²) in [6.07, 6.45) is -2.78. The van der Waals surface area contributed by atoms with Crippen molar-refractivity contribution >= 4 is 11.6 Å². The molecule has 0 aliphatic carbocycles. The molecule has 3 rings (SSSR count). The second-order valence-electron chi connectivity index (χ2n) is 6.63. The van der Waals surface area contributed by atoms with E-state index in [1.54, 1.807) is 0 Å². The quantitative estimate of drug-likeness (QED) is 0.865. The topological polar surface area (TPSA) is 32.3 Å². The number of hydrogen-bond acceptors (Lipinski definition) is 2. The summed E-state index contributed by atoms with van der Waals surface area (Å²) in [5.74, 6) is -0.441. The number of carbonyl (C=O) groups is 1. The molecule has 2 aromatic rings. The SMILES string of the molecule is O=C(Nc1cccc(C(F)(F)F)c1)C1CCCN(Cc2ccccc2)C1. The number of nitrogens with zero attached hydrogens (tertiary/aromatic N) is 1. The lowest BCUT2D eigenvalue weighted by Gasteiger charge is -2.32. The van der Waals surface area contributed by atoms with Crippen LogP contribution in [0.4, 0.5) is 18.9 Å². The van der Waals surface area contributed by atoms with Crippen molar-refractivity contribution < 1.29 is 18.0 Å². The molecule has 0 radical (unpaired) electrons. The van der Waals surface area contributed by atoms with Crippen molar-refractivity contribution in [1.29, 1.82) is 0 Å². The van der Waals surface area contributed by atoms with Gasteiger partial charge in [-0.05, 0) is 43.1 Å². The van der Waals surface area contributed by atoms with Gasteiger partial charge in [0, 0.05) is 18.8 Å². The molecule has 1 heterocycles. The highest BCUT2D eigenvalue weighted by atomic mass is 19.4. The lowest BCUT2D eigenvalue weighted by atomic mass is 9.96. The first-order valence-electron chi connectivity index (χ1n) is 8.66. The Labute approximate surface area is 150 Å². The molecule has 26 heavy (non-hydrogen) atoms. The molecule has 1 aliphatic rings. The molecule has 2 aromatic carbocycles. The van der Waals surface area contributed by atoms with E-state index < -0.39 is 11.7 Å². The molecule has 3 nitrogen and oxygen atoms in total. The van der Waals surface area contributed by atoms with Gasteiger partial charge in [0.15, 0.2) is 0 Å². The van der Waals surface area contributed by atoms with Gasteiger partial charge in [0.1, 0.15) is 0 Å². The van der Waals surface area contributed by atoms with E-state index in [4.69, 9.17) is 0 Å². The lowest BCUT2D eigenvalue weighted by Crippen LogP contribution is -2.40. The van der Waals surface area contributed by atoms with Crippen LogP contribution in [0.1, 0.15) is 24.0 Å². The number of anilines is 1. The van der Waals surface area contributed by atoms with Crippen LogP contribution in [0.25, 0.3) is 0 Å². The van der Waals surface area contributed by atoms with E-state index in [-0.39, 0.29) is 17.5 Å². The van der Waals surface area contributed by atoms with Crippen LogP contribution in [0, 0.1) is 5.92 Å². The number of alkyl halides is 3. The van der Waals surface area contributed by atoms with Crippen molar-refractivity contribution in [1.82, 2.24) is 4.90 Å². The molecule has 1 aliphatic heterocycles. The van der Waals surface area contributed by atoms with Gasteiger partial charge in [0.05, 0.1) is 11.5 Å². The minimum Gasteiger partial charge on any atom is -0.326 e. The third-order valence-electron chi connectivity index (χ3n) is 4.58. The van der Waals surface area contributed by atoms with Crippen molar-refractivity contribution in [2.75, 3.05) is 18.4 Å². The third-order valence-corrected chi connectivity index (χ3v) is 4.58. The van der Waals surface area contributed by atoms with Crippen molar-refractivity contribution in [3.05, 3.63) is 65.7 Å². The van der Waals surface area contributed by atoms with Gasteiger partial charge in [-0.3, -0.25) is 9.69 Å². The Balaban J connectivity index is 1.61.